The standard InChI is InChI=1S/Cr.O2Si.2O.Ti/c;1-3-2;;;/q+3;;2*-2;+4. The van der Waals surface area contributed by atoms with Gasteiger partial charge in [-0.1, -0.05) is 0 Å². The molecule has 0 aliphatic rings. The molecule has 0 aromatic heterocycles. The van der Waals surface area contributed by atoms with Crippen LogP contribution < -0.4 is 0 Å². The minimum Gasteiger partial charge on any atom is -2.00 e. The summed E-state index contributed by atoms with van der Waals surface area (Å²) < 4.78 is 16.8. The summed E-state index contributed by atoms with van der Waals surface area (Å²) in [4.78, 5) is 0. The Balaban J connectivity index is -0.00000000333. The van der Waals surface area contributed by atoms with Crippen LogP contribution in [-0.4, -0.2) is 9.29 Å². The largest absolute Gasteiger partial charge is 4.00 e. The molecule has 0 rings (SSSR count). The van der Waals surface area contributed by atoms with Crippen molar-refractivity contribution in [2.45, 2.75) is 0 Å². The summed E-state index contributed by atoms with van der Waals surface area (Å²) in [6.45, 7) is 0. The van der Waals surface area contributed by atoms with Gasteiger partial charge in [0, 0.05) is 0 Å². The first kappa shape index (κ1) is 43.7. The molecule has 0 aromatic rings. The van der Waals surface area contributed by atoms with Crippen LogP contribution in [-0.2, 0) is 59.0 Å². The first-order valence-electron chi connectivity index (χ1n) is 0.408. The average molecular weight is 192 g/mol. The third kappa shape index (κ3) is 179. The molecule has 0 saturated heterocycles. The first-order chi connectivity index (χ1) is 1.41. The van der Waals surface area contributed by atoms with Crippen LogP contribution >= 0.6 is 0 Å². The second kappa shape index (κ2) is 63.5. The molecule has 4 nitrogen and oxygen atoms in total. The van der Waals surface area contributed by atoms with E-state index in [1.165, 1.54) is 0 Å². The van der Waals surface area contributed by atoms with Gasteiger partial charge in [0.2, 0.25) is 0 Å². The molecule has 0 heterocycles. The van der Waals surface area contributed by atoms with Crippen molar-refractivity contribution < 1.29 is 59.0 Å². The molecule has 0 fully saturated rings. The molecule has 0 aliphatic heterocycles. The van der Waals surface area contributed by atoms with Gasteiger partial charge in [0.15, 0.2) is 0 Å². The maximum Gasteiger partial charge on any atom is 4.00 e. The number of hydrogen-bond acceptors (Lipinski definition) is 2. The summed E-state index contributed by atoms with van der Waals surface area (Å²) in [7, 11) is -1.42. The average Bonchev–Trinajstić information content (AvgIpc) is 0.918. The summed E-state index contributed by atoms with van der Waals surface area (Å²) in [5.74, 6) is 0. The van der Waals surface area contributed by atoms with Crippen molar-refractivity contribution >= 4 is 9.29 Å². The zero-order valence-corrected chi connectivity index (χ0v) is 6.88. The van der Waals surface area contributed by atoms with Crippen LogP contribution in [0.5, 0.6) is 0 Å². The van der Waals surface area contributed by atoms with Gasteiger partial charge in [-0.05, 0) is 0 Å². The van der Waals surface area contributed by atoms with Crippen molar-refractivity contribution in [3.05, 3.63) is 0 Å². The van der Waals surface area contributed by atoms with Gasteiger partial charge in [0.25, 0.3) is 0 Å². The molecule has 0 N–H and O–H groups in total. The van der Waals surface area contributed by atoms with Crippen LogP contribution in [0.15, 0.2) is 0 Å². The Morgan fingerprint density at radius 1 is 1.00 bits per heavy atom. The van der Waals surface area contributed by atoms with Crippen molar-refractivity contribution in [1.29, 1.82) is 0 Å². The Hall–Kier alpha value is 0.984. The second-order valence-electron chi connectivity index (χ2n) is 0.0833. The maximum absolute atomic E-state index is 8.40. The van der Waals surface area contributed by atoms with Gasteiger partial charge in [-0.25, -0.2) is 0 Å². The first-order valence-corrected chi connectivity index (χ1v) is 1.22. The molecule has 7 heavy (non-hydrogen) atoms. The molecule has 0 spiro atoms. The van der Waals surface area contributed by atoms with Crippen molar-refractivity contribution in [2.24, 2.45) is 0 Å². The van der Waals surface area contributed by atoms with Gasteiger partial charge in [0.1, 0.15) is 0 Å². The zero-order chi connectivity index (χ0) is 2.71. The smallest absolute Gasteiger partial charge is 2.00 e. The molecule has 35 valence electrons. The van der Waals surface area contributed by atoms with Gasteiger partial charge in [-0.3, -0.25) is 8.92 Å². The summed E-state index contributed by atoms with van der Waals surface area (Å²) >= 11 is 0. The van der Waals surface area contributed by atoms with Crippen molar-refractivity contribution in [1.82, 2.24) is 0 Å². The van der Waals surface area contributed by atoms with Crippen LogP contribution in [0.25, 0.3) is 0 Å². The van der Waals surface area contributed by atoms with Crippen LogP contribution in [0.4, 0.5) is 0 Å². The van der Waals surface area contributed by atoms with Crippen molar-refractivity contribution in [2.75, 3.05) is 0 Å². The fourth-order valence-electron chi connectivity index (χ4n) is 0. The Bertz CT molecular complexity index is 32.7. The van der Waals surface area contributed by atoms with Crippen molar-refractivity contribution in [3.8, 4) is 0 Å². The molecule has 0 aliphatic carbocycles. The Labute approximate surface area is 68.2 Å². The topological polar surface area (TPSA) is 91.1 Å². The molecule has 0 amide bonds. The molecular weight excluding hydrogens is 192 g/mol. The molecule has 0 saturated carbocycles. The van der Waals surface area contributed by atoms with E-state index in [0.717, 1.165) is 0 Å². The van der Waals surface area contributed by atoms with E-state index in [4.69, 9.17) is 8.92 Å². The third-order valence-electron chi connectivity index (χ3n) is 0. The summed E-state index contributed by atoms with van der Waals surface area (Å²) in [5, 5.41) is 0. The Kier molecular flexibility index (Phi) is 397. The van der Waals surface area contributed by atoms with E-state index in [-0.39, 0.29) is 50.0 Å². The summed E-state index contributed by atoms with van der Waals surface area (Å²) in [5.41, 5.74) is 0. The SMILES string of the molecule is O=[Si]=O.[Cr+3].[O-2].[O-2].[Ti+4]. The fourth-order valence-corrected chi connectivity index (χ4v) is 0. The molecule has 0 unspecified atom stereocenters. The number of hydrogen-bond donors (Lipinski definition) is 0. The van der Waals surface area contributed by atoms with E-state index < -0.39 is 9.29 Å². The maximum atomic E-state index is 8.40. The monoisotopic (exact) mass is 192 g/mol. The predicted molar refractivity (Wildman–Crippen MR) is 8.50 cm³/mol. The van der Waals surface area contributed by atoms with Gasteiger partial charge >= 0.3 is 48.4 Å². The summed E-state index contributed by atoms with van der Waals surface area (Å²) in [6.07, 6.45) is 0. The minimum atomic E-state index is -1.42. The second-order valence-corrected chi connectivity index (χ2v) is 0.250. The molecule has 0 atom stereocenters. The fraction of sp³-hybridized carbons (Fsp3) is 0. The molecule has 0 bridgehead atoms. The van der Waals surface area contributed by atoms with Crippen LogP contribution in [0.1, 0.15) is 0 Å². The van der Waals surface area contributed by atoms with E-state index in [1.807, 2.05) is 0 Å². The van der Waals surface area contributed by atoms with E-state index in [9.17, 15) is 0 Å². The predicted octanol–water partition coefficient (Wildman–Crippen LogP) is -0.861. The van der Waals surface area contributed by atoms with Gasteiger partial charge in [0.05, 0.1) is 0 Å². The Morgan fingerprint density at radius 3 is 1.00 bits per heavy atom. The molecule has 7 heteroatoms. The van der Waals surface area contributed by atoms with Gasteiger partial charge < -0.3 is 11.0 Å². The van der Waals surface area contributed by atoms with Gasteiger partial charge in [-0.2, -0.15) is 0 Å². The molecule has 0 aromatic carbocycles. The van der Waals surface area contributed by atoms with E-state index in [1.54, 1.807) is 0 Å². The summed E-state index contributed by atoms with van der Waals surface area (Å²) in [6, 6.07) is 0. The zero-order valence-electron chi connectivity index (χ0n) is 3.04. The van der Waals surface area contributed by atoms with Crippen LogP contribution in [0.3, 0.4) is 0 Å². The third-order valence-corrected chi connectivity index (χ3v) is 0. The van der Waals surface area contributed by atoms with Crippen LogP contribution in [0.2, 0.25) is 0 Å². The molecular formula is CrO4SiTi+3. The normalized spacial score (nSPS) is 1.14. The Morgan fingerprint density at radius 2 is 1.00 bits per heavy atom. The number of rotatable bonds is 0. The quantitative estimate of drug-likeness (QED) is 0.467. The van der Waals surface area contributed by atoms with Crippen LogP contribution in [0, 0.1) is 0 Å². The minimum absolute atomic E-state index is 0. The van der Waals surface area contributed by atoms with Crippen molar-refractivity contribution in [3.63, 3.8) is 0 Å². The van der Waals surface area contributed by atoms with E-state index in [0.29, 0.717) is 0 Å². The van der Waals surface area contributed by atoms with E-state index >= 15 is 0 Å². The molecule has 1 radical (unpaired) electrons. The van der Waals surface area contributed by atoms with Gasteiger partial charge in [-0.15, -0.1) is 0 Å². The van der Waals surface area contributed by atoms with E-state index in [2.05, 4.69) is 0 Å².